The first kappa shape index (κ1) is 31.2. The highest BCUT2D eigenvalue weighted by atomic mass is 32.1. The summed E-state index contributed by atoms with van der Waals surface area (Å²) in [5.41, 5.74) is 2.69. The molecule has 0 saturated carbocycles. The van der Waals surface area contributed by atoms with Crippen molar-refractivity contribution in [3.8, 4) is 0 Å². The Morgan fingerprint density at radius 1 is 1.21 bits per heavy atom. The summed E-state index contributed by atoms with van der Waals surface area (Å²) < 4.78 is 1.08. The Morgan fingerprint density at radius 3 is 2.56 bits per heavy atom. The second-order valence-corrected chi connectivity index (χ2v) is 12.0. The predicted molar refractivity (Wildman–Crippen MR) is 159 cm³/mol. The van der Waals surface area contributed by atoms with E-state index in [0.29, 0.717) is 31.0 Å². The van der Waals surface area contributed by atoms with Crippen molar-refractivity contribution in [2.75, 3.05) is 33.2 Å². The van der Waals surface area contributed by atoms with Crippen molar-refractivity contribution in [2.24, 2.45) is 5.92 Å². The van der Waals surface area contributed by atoms with Crippen molar-refractivity contribution in [2.45, 2.75) is 77.7 Å². The van der Waals surface area contributed by atoms with Crippen molar-refractivity contribution >= 4 is 33.4 Å². The Labute approximate surface area is 236 Å². The summed E-state index contributed by atoms with van der Waals surface area (Å²) in [7, 11) is 1.62. The average Bonchev–Trinajstić information content (AvgIpc) is 3.58. The van der Waals surface area contributed by atoms with Gasteiger partial charge < -0.3 is 15.7 Å². The van der Waals surface area contributed by atoms with Crippen LogP contribution in [0.5, 0.6) is 0 Å². The first-order valence-electron chi connectivity index (χ1n) is 14.1. The molecule has 3 rings (SSSR count). The number of rotatable bonds is 15. The maximum atomic E-state index is 13.5. The molecule has 1 fully saturated rings. The number of amides is 2. The zero-order chi connectivity index (χ0) is 28.5. The lowest BCUT2D eigenvalue weighted by atomic mass is 9.98. The monoisotopic (exact) mass is 558 g/mol. The number of carbonyl (C=O) groups is 2. The largest absolute Gasteiger partial charge is 0.365 e. The lowest BCUT2D eigenvalue weighted by molar-refractivity contribution is -0.126. The summed E-state index contributed by atoms with van der Waals surface area (Å²) in [4.78, 5) is 33.2. The molecular weight excluding hydrogens is 512 g/mol. The van der Waals surface area contributed by atoms with Crippen LogP contribution in [-0.4, -0.2) is 78.5 Å². The fourth-order valence-electron chi connectivity index (χ4n) is 4.68. The molecule has 1 aromatic heterocycles. The molecule has 0 aliphatic carbocycles. The van der Waals surface area contributed by atoms with Gasteiger partial charge in [-0.05, 0) is 62.5 Å². The molecule has 216 valence electrons. The molecule has 1 saturated heterocycles. The van der Waals surface area contributed by atoms with E-state index in [-0.39, 0.29) is 23.8 Å². The van der Waals surface area contributed by atoms with E-state index >= 15 is 0 Å². The van der Waals surface area contributed by atoms with Gasteiger partial charge in [-0.2, -0.15) is 0 Å². The molecule has 1 aromatic carbocycles. The molecule has 4 atom stereocenters. The fourth-order valence-corrected chi connectivity index (χ4v) is 5.74. The van der Waals surface area contributed by atoms with E-state index in [4.69, 9.17) is 4.98 Å². The van der Waals surface area contributed by atoms with Gasteiger partial charge in [0.2, 0.25) is 11.8 Å². The number of hydrogen-bond donors (Lipinski definition) is 5. The highest BCUT2D eigenvalue weighted by Gasteiger charge is 2.27. The number of fused-ring (bicyclic) bond motifs is 1. The molecule has 1 aliphatic rings. The second kappa shape index (κ2) is 14.9. The summed E-state index contributed by atoms with van der Waals surface area (Å²) in [5.74, 6) is 0.121. The summed E-state index contributed by atoms with van der Waals surface area (Å²) in [6.07, 6.45) is 2.42. The van der Waals surface area contributed by atoms with E-state index in [0.717, 1.165) is 47.6 Å². The van der Waals surface area contributed by atoms with E-state index in [1.807, 2.05) is 6.07 Å². The van der Waals surface area contributed by atoms with E-state index in [2.05, 4.69) is 72.6 Å². The highest BCUT2D eigenvalue weighted by molar-refractivity contribution is 7.18. The van der Waals surface area contributed by atoms with Gasteiger partial charge in [-0.25, -0.2) is 4.98 Å². The predicted octanol–water partition coefficient (Wildman–Crippen LogP) is 2.71. The van der Waals surface area contributed by atoms with E-state index in [9.17, 15) is 14.7 Å². The summed E-state index contributed by atoms with van der Waals surface area (Å²) >= 11 is 1.57. The molecule has 0 radical (unpaired) electrons. The molecule has 0 spiro atoms. The Hall–Kier alpha value is -2.37. The Morgan fingerprint density at radius 2 is 1.92 bits per heavy atom. The van der Waals surface area contributed by atoms with Gasteiger partial charge in [0, 0.05) is 31.1 Å². The SMILES string of the molecule is C=C(CN1CCCC1)C(=O)NC[C@@H](NC(=O)[C@H](Cc1nc2ccc(C(C)C)cc2s1)NC(O)NC)[C@@H](C)CC. The lowest BCUT2D eigenvalue weighted by Crippen LogP contribution is -2.57. The third-order valence-electron chi connectivity index (χ3n) is 7.53. The normalized spacial score (nSPS) is 17.2. The number of carbonyl (C=O) groups excluding carboxylic acids is 2. The minimum absolute atomic E-state index is 0.132. The average molecular weight is 559 g/mol. The number of aromatic nitrogens is 1. The molecule has 2 amide bonds. The van der Waals surface area contributed by atoms with Gasteiger partial charge in [0.25, 0.3) is 0 Å². The Balaban J connectivity index is 1.68. The quantitative estimate of drug-likeness (QED) is 0.169. The number of thiazole rings is 1. The van der Waals surface area contributed by atoms with Gasteiger partial charge in [-0.3, -0.25) is 25.1 Å². The number of likely N-dealkylation sites (tertiary alicyclic amines) is 1. The lowest BCUT2D eigenvalue weighted by Gasteiger charge is -2.28. The first-order valence-corrected chi connectivity index (χ1v) is 14.9. The van der Waals surface area contributed by atoms with Crippen LogP contribution < -0.4 is 21.3 Å². The molecule has 39 heavy (non-hydrogen) atoms. The third-order valence-corrected chi connectivity index (χ3v) is 8.57. The van der Waals surface area contributed by atoms with E-state index in [1.165, 1.54) is 5.56 Å². The topological polar surface area (TPSA) is 119 Å². The second-order valence-electron chi connectivity index (χ2n) is 10.9. The standard InChI is InChI=1S/C29H46N6O3S/c1-7-19(4)24(16-31-27(36)20(5)17-35-12-8-9-13-35)33-28(37)23(34-29(38)30-6)15-26-32-22-11-10-21(18(2)3)14-25(22)39-26/h10-11,14,18-19,23-24,29-30,34,38H,5,7-9,12-13,15-17H2,1-4,6H3,(H,31,36)(H,33,37)/t19-,23-,24+,29?/m0/s1. The highest BCUT2D eigenvalue weighted by Crippen LogP contribution is 2.27. The van der Waals surface area contributed by atoms with Crippen LogP contribution in [0, 0.1) is 5.92 Å². The zero-order valence-corrected chi connectivity index (χ0v) is 24.9. The van der Waals surface area contributed by atoms with Gasteiger partial charge in [0.1, 0.15) is 0 Å². The molecule has 5 N–H and O–H groups in total. The van der Waals surface area contributed by atoms with Crippen LogP contribution in [0.4, 0.5) is 0 Å². The number of aliphatic hydroxyl groups excluding tert-OH is 1. The number of nitrogens with one attached hydrogen (secondary N) is 4. The van der Waals surface area contributed by atoms with Gasteiger partial charge in [0.15, 0.2) is 6.35 Å². The van der Waals surface area contributed by atoms with Gasteiger partial charge in [0.05, 0.1) is 21.3 Å². The number of aliphatic hydroxyl groups is 1. The molecule has 10 heteroatoms. The van der Waals surface area contributed by atoms with Crippen LogP contribution >= 0.6 is 11.3 Å². The maximum absolute atomic E-state index is 13.5. The van der Waals surface area contributed by atoms with Gasteiger partial charge in [-0.15, -0.1) is 11.3 Å². The molecule has 9 nitrogen and oxygen atoms in total. The zero-order valence-electron chi connectivity index (χ0n) is 24.0. The summed E-state index contributed by atoms with van der Waals surface area (Å²) in [6, 6.07) is 5.28. The van der Waals surface area contributed by atoms with Crippen LogP contribution in [0.2, 0.25) is 0 Å². The van der Waals surface area contributed by atoms with Crippen molar-refractivity contribution in [3.63, 3.8) is 0 Å². The number of nitrogens with zero attached hydrogens (tertiary/aromatic N) is 2. The van der Waals surface area contributed by atoms with Gasteiger partial charge >= 0.3 is 0 Å². The number of hydrogen-bond acceptors (Lipinski definition) is 8. The molecule has 2 aromatic rings. The Bertz CT molecular complexity index is 1110. The maximum Gasteiger partial charge on any atom is 0.247 e. The molecule has 1 aliphatic heterocycles. The van der Waals surface area contributed by atoms with Crippen molar-refractivity contribution in [1.82, 2.24) is 31.2 Å². The molecular formula is C29H46N6O3S. The summed E-state index contributed by atoms with van der Waals surface area (Å²) in [5, 5.41) is 22.9. The van der Waals surface area contributed by atoms with Gasteiger partial charge in [-0.1, -0.05) is 46.8 Å². The minimum Gasteiger partial charge on any atom is -0.365 e. The molecule has 2 heterocycles. The van der Waals surface area contributed by atoms with Crippen LogP contribution in [-0.2, 0) is 16.0 Å². The van der Waals surface area contributed by atoms with Crippen molar-refractivity contribution in [1.29, 1.82) is 0 Å². The van der Waals surface area contributed by atoms with Crippen LogP contribution in [0.3, 0.4) is 0 Å². The minimum atomic E-state index is -1.06. The summed E-state index contributed by atoms with van der Waals surface area (Å²) in [6.45, 7) is 15.3. The van der Waals surface area contributed by atoms with Crippen LogP contribution in [0.15, 0.2) is 30.4 Å². The van der Waals surface area contributed by atoms with Crippen LogP contribution in [0.1, 0.15) is 63.4 Å². The van der Waals surface area contributed by atoms with E-state index in [1.54, 1.807) is 18.4 Å². The van der Waals surface area contributed by atoms with Crippen molar-refractivity contribution < 1.29 is 14.7 Å². The van der Waals surface area contributed by atoms with Crippen LogP contribution in [0.25, 0.3) is 10.2 Å². The number of benzene rings is 1. The first-order chi connectivity index (χ1) is 18.6. The third kappa shape index (κ3) is 9.08. The molecule has 1 unspecified atom stereocenters. The smallest absolute Gasteiger partial charge is 0.247 e. The van der Waals surface area contributed by atoms with E-state index < -0.39 is 12.4 Å². The Kier molecular flexibility index (Phi) is 11.9. The van der Waals surface area contributed by atoms with Crippen molar-refractivity contribution in [3.05, 3.63) is 40.9 Å². The molecule has 0 bridgehead atoms. The fraction of sp³-hybridized carbons (Fsp3) is 0.621.